The van der Waals surface area contributed by atoms with Gasteiger partial charge in [0.2, 0.25) is 11.8 Å². The fraction of sp³-hybridized carbons (Fsp3) is 0.333. The molecule has 1 fully saturated rings. The first kappa shape index (κ1) is 17.0. The number of hydroxylamine groups is 1. The van der Waals surface area contributed by atoms with Gasteiger partial charge < -0.3 is 4.90 Å². The number of amides is 2. The Balaban J connectivity index is 1.69. The molecule has 0 unspecified atom stereocenters. The molecular weight excluding hydrogens is 320 g/mol. The second-order valence-electron chi connectivity index (χ2n) is 6.03. The van der Waals surface area contributed by atoms with Crippen molar-refractivity contribution in [1.82, 2.24) is 20.3 Å². The molecule has 25 heavy (non-hydrogen) atoms. The maximum absolute atomic E-state index is 12.6. The lowest BCUT2D eigenvalue weighted by Crippen LogP contribution is -2.35. The monoisotopic (exact) mass is 340 g/mol. The first-order valence-electron chi connectivity index (χ1n) is 8.10. The minimum atomic E-state index is -0.530. The zero-order valence-electron chi connectivity index (χ0n) is 14.1. The number of pyridine rings is 2. The highest BCUT2D eigenvalue weighted by atomic mass is 16.7. The molecule has 0 aromatic carbocycles. The minimum absolute atomic E-state index is 0.0771. The van der Waals surface area contributed by atoms with Gasteiger partial charge in [0.25, 0.3) is 0 Å². The highest BCUT2D eigenvalue weighted by Crippen LogP contribution is 2.36. The van der Waals surface area contributed by atoms with Crippen molar-refractivity contribution in [1.29, 1.82) is 0 Å². The van der Waals surface area contributed by atoms with Gasteiger partial charge in [-0.2, -0.15) is 0 Å². The fourth-order valence-electron chi connectivity index (χ4n) is 3.01. The van der Waals surface area contributed by atoms with Crippen molar-refractivity contribution in [3.8, 4) is 0 Å². The Morgan fingerprint density at radius 2 is 2.16 bits per heavy atom. The molecular formula is C18H20N4O3. The van der Waals surface area contributed by atoms with Crippen LogP contribution in [0.25, 0.3) is 0 Å². The van der Waals surface area contributed by atoms with E-state index in [1.165, 1.54) is 0 Å². The second kappa shape index (κ2) is 7.40. The maximum atomic E-state index is 12.6. The molecule has 1 saturated heterocycles. The summed E-state index contributed by atoms with van der Waals surface area (Å²) in [6, 6.07) is 8.79. The number of aromatic nitrogens is 2. The van der Waals surface area contributed by atoms with Crippen molar-refractivity contribution in [2.24, 2.45) is 5.92 Å². The van der Waals surface area contributed by atoms with Crippen molar-refractivity contribution in [2.75, 3.05) is 7.05 Å². The first-order valence-corrected chi connectivity index (χ1v) is 8.10. The Bertz CT molecular complexity index is 739. The molecule has 0 aliphatic carbocycles. The minimum Gasteiger partial charge on any atom is -0.338 e. The Morgan fingerprint density at radius 3 is 2.84 bits per heavy atom. The average molecular weight is 340 g/mol. The molecule has 0 saturated carbocycles. The van der Waals surface area contributed by atoms with E-state index in [-0.39, 0.29) is 24.3 Å². The highest BCUT2D eigenvalue weighted by Gasteiger charge is 2.43. The van der Waals surface area contributed by atoms with Crippen molar-refractivity contribution >= 4 is 11.8 Å². The number of carbonyl (C=O) groups is 2. The Morgan fingerprint density at radius 1 is 1.32 bits per heavy atom. The van der Waals surface area contributed by atoms with Crippen molar-refractivity contribution in [2.45, 2.75) is 25.5 Å². The molecule has 0 spiro atoms. The molecule has 3 atom stereocenters. The van der Waals surface area contributed by atoms with Crippen molar-refractivity contribution < 1.29 is 14.4 Å². The van der Waals surface area contributed by atoms with E-state index in [0.717, 1.165) is 5.56 Å². The van der Waals surface area contributed by atoms with Crippen LogP contribution in [0.4, 0.5) is 0 Å². The van der Waals surface area contributed by atoms with Gasteiger partial charge in [0.15, 0.2) is 0 Å². The van der Waals surface area contributed by atoms with E-state index in [2.05, 4.69) is 15.4 Å². The molecule has 3 rings (SSSR count). The molecule has 2 aromatic rings. The normalized spacial score (nSPS) is 21.2. The van der Waals surface area contributed by atoms with Crippen molar-refractivity contribution in [3.05, 3.63) is 60.2 Å². The van der Waals surface area contributed by atoms with E-state index in [9.17, 15) is 9.59 Å². The van der Waals surface area contributed by atoms with Crippen LogP contribution in [0.3, 0.4) is 0 Å². The van der Waals surface area contributed by atoms with Gasteiger partial charge in [0.1, 0.15) is 6.10 Å². The van der Waals surface area contributed by atoms with Gasteiger partial charge >= 0.3 is 0 Å². The van der Waals surface area contributed by atoms with Crippen LogP contribution >= 0.6 is 0 Å². The summed E-state index contributed by atoms with van der Waals surface area (Å²) in [5, 5.41) is 0. The Labute approximate surface area is 146 Å². The molecule has 130 valence electrons. The molecule has 1 N–H and O–H groups in total. The van der Waals surface area contributed by atoms with Crippen LogP contribution in [0.1, 0.15) is 36.7 Å². The quantitative estimate of drug-likeness (QED) is 0.839. The molecule has 7 nitrogen and oxygen atoms in total. The van der Waals surface area contributed by atoms with Gasteiger partial charge in [-0.1, -0.05) is 12.1 Å². The van der Waals surface area contributed by atoms with Crippen LogP contribution in [-0.2, 0) is 14.4 Å². The van der Waals surface area contributed by atoms with Crippen LogP contribution in [0.5, 0.6) is 0 Å². The fourth-order valence-corrected chi connectivity index (χ4v) is 3.01. The topological polar surface area (TPSA) is 84.4 Å². The average Bonchev–Trinajstić information content (AvgIpc) is 2.96. The molecule has 1 aliphatic rings. The van der Waals surface area contributed by atoms with E-state index in [4.69, 9.17) is 4.84 Å². The molecule has 0 radical (unpaired) electrons. The number of carbonyl (C=O) groups excluding carboxylic acids is 2. The standard InChI is InChI=1S/C18H20N4O3/c1-12(15-7-3-4-9-20-15)25-21-18(24)14-10-16(23)22(2)17(14)13-6-5-8-19-11-13/h3-9,11-12,14,17H,10H2,1-2H3,(H,21,24)/t12-,14-,17+/m1/s1. The molecule has 1 aliphatic heterocycles. The number of nitrogens with one attached hydrogen (secondary N) is 1. The predicted molar refractivity (Wildman–Crippen MR) is 89.7 cm³/mol. The van der Waals surface area contributed by atoms with Gasteiger partial charge in [-0.15, -0.1) is 0 Å². The van der Waals surface area contributed by atoms with E-state index < -0.39 is 12.0 Å². The summed E-state index contributed by atoms with van der Waals surface area (Å²) in [6.45, 7) is 1.80. The SMILES string of the molecule is C[C@@H](ONC(=O)[C@@H]1CC(=O)N(C)[C@H]1c1cccnc1)c1ccccn1. The summed E-state index contributed by atoms with van der Waals surface area (Å²) in [7, 11) is 1.70. The summed E-state index contributed by atoms with van der Waals surface area (Å²) in [4.78, 5) is 40.0. The lowest BCUT2D eigenvalue weighted by molar-refractivity contribution is -0.143. The van der Waals surface area contributed by atoms with Crippen LogP contribution in [-0.4, -0.2) is 33.7 Å². The largest absolute Gasteiger partial charge is 0.338 e. The molecule has 3 heterocycles. The van der Waals surface area contributed by atoms with E-state index in [1.54, 1.807) is 43.5 Å². The zero-order chi connectivity index (χ0) is 17.8. The van der Waals surface area contributed by atoms with Gasteiger partial charge in [0, 0.05) is 32.1 Å². The summed E-state index contributed by atoms with van der Waals surface area (Å²) < 4.78 is 0. The van der Waals surface area contributed by atoms with E-state index >= 15 is 0 Å². The van der Waals surface area contributed by atoms with Crippen LogP contribution in [0, 0.1) is 5.92 Å². The van der Waals surface area contributed by atoms with Gasteiger partial charge in [-0.05, 0) is 30.7 Å². The van der Waals surface area contributed by atoms with E-state index in [0.29, 0.717) is 5.69 Å². The third-order valence-electron chi connectivity index (χ3n) is 4.39. The van der Waals surface area contributed by atoms with Gasteiger partial charge in [0.05, 0.1) is 17.7 Å². The van der Waals surface area contributed by atoms with Crippen LogP contribution in [0.2, 0.25) is 0 Å². The van der Waals surface area contributed by atoms with Crippen LogP contribution in [0.15, 0.2) is 48.9 Å². The third kappa shape index (κ3) is 3.66. The number of nitrogens with zero attached hydrogens (tertiary/aromatic N) is 3. The lowest BCUT2D eigenvalue weighted by atomic mass is 9.94. The Kier molecular flexibility index (Phi) is 5.04. The van der Waals surface area contributed by atoms with Gasteiger partial charge in [-0.3, -0.25) is 24.4 Å². The molecule has 7 heteroatoms. The lowest BCUT2D eigenvalue weighted by Gasteiger charge is -2.24. The first-order chi connectivity index (χ1) is 12.1. The maximum Gasteiger partial charge on any atom is 0.249 e. The van der Waals surface area contributed by atoms with Crippen molar-refractivity contribution in [3.63, 3.8) is 0 Å². The summed E-state index contributed by atoms with van der Waals surface area (Å²) >= 11 is 0. The van der Waals surface area contributed by atoms with Gasteiger partial charge in [-0.25, -0.2) is 5.48 Å². The predicted octanol–water partition coefficient (Wildman–Crippen LogP) is 1.80. The molecule has 0 bridgehead atoms. The number of hydrogen-bond acceptors (Lipinski definition) is 5. The Hall–Kier alpha value is -2.80. The summed E-state index contributed by atoms with van der Waals surface area (Å²) in [5.41, 5.74) is 4.03. The number of hydrogen-bond donors (Lipinski definition) is 1. The van der Waals surface area contributed by atoms with Crippen LogP contribution < -0.4 is 5.48 Å². The third-order valence-corrected chi connectivity index (χ3v) is 4.39. The molecule has 2 amide bonds. The zero-order valence-corrected chi connectivity index (χ0v) is 14.1. The number of rotatable bonds is 5. The van der Waals surface area contributed by atoms with E-state index in [1.807, 2.05) is 24.3 Å². The smallest absolute Gasteiger partial charge is 0.249 e. The summed E-state index contributed by atoms with van der Waals surface area (Å²) in [5.74, 6) is -0.932. The second-order valence-corrected chi connectivity index (χ2v) is 6.03. The summed E-state index contributed by atoms with van der Waals surface area (Å²) in [6.07, 6.45) is 4.75. The molecule has 2 aromatic heterocycles. The number of likely N-dealkylation sites (tertiary alicyclic amines) is 1. The highest BCUT2D eigenvalue weighted by molar-refractivity contribution is 5.89.